The third-order valence-electron chi connectivity index (χ3n) is 3.17. The van der Waals surface area contributed by atoms with Crippen LogP contribution in [0, 0.1) is 12.7 Å². The van der Waals surface area contributed by atoms with E-state index in [1.807, 2.05) is 13.0 Å². The molecule has 0 aliphatic heterocycles. The van der Waals surface area contributed by atoms with Gasteiger partial charge in [-0.2, -0.15) is 17.5 Å². The molecule has 1 aromatic carbocycles. The van der Waals surface area contributed by atoms with Gasteiger partial charge in [0.15, 0.2) is 0 Å². The molecule has 0 aliphatic carbocycles. The fourth-order valence-corrected chi connectivity index (χ4v) is 2.77. The Morgan fingerprint density at radius 3 is 2.36 bits per heavy atom. The van der Waals surface area contributed by atoms with Crippen LogP contribution in [0.2, 0.25) is 5.02 Å². The number of carbonyl (C=O) groups is 2. The first kappa shape index (κ1) is 23.8. The summed E-state index contributed by atoms with van der Waals surface area (Å²) in [7, 11) is 0. The second-order valence-corrected chi connectivity index (χ2v) is 6.78. The van der Waals surface area contributed by atoms with Crippen molar-refractivity contribution in [2.75, 3.05) is 0 Å². The Hall–Kier alpha value is -2.24. The van der Waals surface area contributed by atoms with Crippen molar-refractivity contribution < 1.29 is 37.4 Å². The Bertz CT molecular complexity index is 829. The number of rotatable bonds is 6. The molecule has 154 valence electrons. The number of halogens is 5. The van der Waals surface area contributed by atoms with E-state index in [2.05, 4.69) is 9.69 Å². The predicted octanol–water partition coefficient (Wildman–Crippen LogP) is 3.66. The van der Waals surface area contributed by atoms with Crippen LogP contribution in [0.3, 0.4) is 0 Å². The lowest BCUT2D eigenvalue weighted by molar-refractivity contribution is -0.192. The molecule has 0 fully saturated rings. The van der Waals surface area contributed by atoms with Gasteiger partial charge in [-0.3, -0.25) is 10.1 Å². The predicted molar refractivity (Wildman–Crippen MR) is 93.9 cm³/mol. The Balaban J connectivity index is 0.000000480. The summed E-state index contributed by atoms with van der Waals surface area (Å²) in [6, 6.07) is 5.12. The van der Waals surface area contributed by atoms with Crippen molar-refractivity contribution in [1.82, 2.24) is 9.69 Å². The number of aromatic nitrogens is 1. The van der Waals surface area contributed by atoms with Gasteiger partial charge in [-0.1, -0.05) is 11.6 Å². The van der Waals surface area contributed by atoms with E-state index in [0.717, 1.165) is 10.6 Å². The van der Waals surface area contributed by atoms with Crippen molar-refractivity contribution >= 4 is 35.1 Å². The first-order valence-corrected chi connectivity index (χ1v) is 8.67. The number of nitrogens with one attached hydrogen (secondary N) is 1. The first-order chi connectivity index (χ1) is 12.9. The van der Waals surface area contributed by atoms with Crippen LogP contribution in [0.4, 0.5) is 17.6 Å². The van der Waals surface area contributed by atoms with Crippen LogP contribution in [0.25, 0.3) is 0 Å². The molecule has 2 rings (SSSR count). The zero-order valence-electron chi connectivity index (χ0n) is 14.3. The number of hydrogen-bond acceptors (Lipinski definition) is 5. The molecular weight excluding hydrogens is 428 g/mol. The highest BCUT2D eigenvalue weighted by Crippen LogP contribution is 2.17. The van der Waals surface area contributed by atoms with E-state index in [9.17, 15) is 27.5 Å². The van der Waals surface area contributed by atoms with E-state index in [4.69, 9.17) is 21.5 Å². The third kappa shape index (κ3) is 8.19. The molecule has 6 nitrogen and oxygen atoms in total. The summed E-state index contributed by atoms with van der Waals surface area (Å²) < 4.78 is 49.5. The first-order valence-electron chi connectivity index (χ1n) is 7.52. The van der Waals surface area contributed by atoms with Crippen molar-refractivity contribution in [3.8, 4) is 0 Å². The van der Waals surface area contributed by atoms with Crippen molar-refractivity contribution in [1.29, 1.82) is 0 Å². The minimum atomic E-state index is -5.08. The van der Waals surface area contributed by atoms with Gasteiger partial charge in [0.2, 0.25) is 0 Å². The molecule has 2 aromatic rings. The van der Waals surface area contributed by atoms with E-state index >= 15 is 0 Å². The highest BCUT2D eigenvalue weighted by atomic mass is 35.5. The van der Waals surface area contributed by atoms with Gasteiger partial charge >= 0.3 is 18.1 Å². The summed E-state index contributed by atoms with van der Waals surface area (Å²) in [5.41, 5.74) is 1.17. The zero-order chi connectivity index (χ0) is 21.5. The summed E-state index contributed by atoms with van der Waals surface area (Å²) in [5.74, 6) is -4.25. The maximum absolute atomic E-state index is 13.7. The number of carboxylic acid groups (broad SMARTS) is 2. The van der Waals surface area contributed by atoms with Crippen LogP contribution in [0.15, 0.2) is 24.3 Å². The Labute approximate surface area is 165 Å². The van der Waals surface area contributed by atoms with E-state index < -0.39 is 30.0 Å². The van der Waals surface area contributed by atoms with Gasteiger partial charge in [-0.05, 0) is 48.3 Å². The lowest BCUT2D eigenvalue weighted by Crippen LogP contribution is -2.38. The molecule has 0 amide bonds. The Kier molecular flexibility index (Phi) is 8.79. The van der Waals surface area contributed by atoms with E-state index in [0.29, 0.717) is 11.6 Å². The van der Waals surface area contributed by atoms with Crippen molar-refractivity contribution in [2.45, 2.75) is 32.1 Å². The van der Waals surface area contributed by atoms with Gasteiger partial charge in [0.05, 0.1) is 5.69 Å². The lowest BCUT2D eigenvalue weighted by Gasteiger charge is -2.14. The van der Waals surface area contributed by atoms with Gasteiger partial charge in [-0.25, -0.2) is 9.18 Å². The smallest absolute Gasteiger partial charge is 0.480 e. The van der Waals surface area contributed by atoms with Gasteiger partial charge in [0, 0.05) is 22.9 Å². The SMILES string of the molecule is Cc1cc(CN[C@H](Cc2cc(Cl)ccc2F)C(=O)O)sn1.O=C(O)C(F)(F)F. The molecule has 0 spiro atoms. The van der Waals surface area contributed by atoms with Crippen LogP contribution in [-0.4, -0.2) is 38.7 Å². The van der Waals surface area contributed by atoms with Crippen LogP contribution in [-0.2, 0) is 22.6 Å². The number of carboxylic acids is 2. The average Bonchev–Trinajstić information content (AvgIpc) is 2.99. The average molecular weight is 443 g/mol. The van der Waals surface area contributed by atoms with Gasteiger partial charge in [-0.15, -0.1) is 0 Å². The third-order valence-corrected chi connectivity index (χ3v) is 4.28. The monoisotopic (exact) mass is 442 g/mol. The summed E-state index contributed by atoms with van der Waals surface area (Å²) in [4.78, 5) is 21.1. The van der Waals surface area contributed by atoms with Gasteiger partial charge in [0.25, 0.3) is 0 Å². The number of aliphatic carboxylic acids is 2. The fourth-order valence-electron chi connectivity index (χ4n) is 1.89. The topological polar surface area (TPSA) is 99.5 Å². The van der Waals surface area contributed by atoms with Gasteiger partial charge < -0.3 is 10.2 Å². The van der Waals surface area contributed by atoms with E-state index in [1.165, 1.54) is 29.7 Å². The van der Waals surface area contributed by atoms with Crippen LogP contribution in [0.5, 0.6) is 0 Å². The highest BCUT2D eigenvalue weighted by Gasteiger charge is 2.38. The molecule has 12 heteroatoms. The molecule has 1 atom stereocenters. The fraction of sp³-hybridized carbons (Fsp3) is 0.312. The van der Waals surface area contributed by atoms with Crippen LogP contribution >= 0.6 is 23.1 Å². The minimum Gasteiger partial charge on any atom is -0.480 e. The molecule has 1 aromatic heterocycles. The summed E-state index contributed by atoms with van der Waals surface area (Å²) in [6.45, 7) is 2.25. The van der Waals surface area contributed by atoms with Crippen LogP contribution < -0.4 is 5.32 Å². The Morgan fingerprint density at radius 2 is 1.89 bits per heavy atom. The second kappa shape index (κ2) is 10.3. The van der Waals surface area contributed by atoms with Crippen molar-refractivity contribution in [3.63, 3.8) is 0 Å². The number of alkyl halides is 3. The molecular formula is C16H15ClF4N2O4S. The second-order valence-electron chi connectivity index (χ2n) is 5.45. The largest absolute Gasteiger partial charge is 0.490 e. The standard InChI is InChI=1S/C14H14ClFN2O2S.C2HF3O2/c1-8-4-11(21-18-8)7-17-13(14(19)20)6-9-5-10(15)2-3-12(9)16;3-2(4,5)1(6)7/h2-5,13,17H,6-7H2,1H3,(H,19,20);(H,6,7)/t13-;/m1./s1. The van der Waals surface area contributed by atoms with E-state index in [1.54, 1.807) is 0 Å². The Morgan fingerprint density at radius 1 is 1.29 bits per heavy atom. The highest BCUT2D eigenvalue weighted by molar-refractivity contribution is 7.05. The molecule has 28 heavy (non-hydrogen) atoms. The normalized spacial score (nSPS) is 12.1. The van der Waals surface area contributed by atoms with Crippen LogP contribution in [0.1, 0.15) is 16.1 Å². The van der Waals surface area contributed by atoms with E-state index in [-0.39, 0.29) is 12.0 Å². The number of aryl methyl sites for hydroxylation is 1. The summed E-state index contributed by atoms with van der Waals surface area (Å²) >= 11 is 7.13. The van der Waals surface area contributed by atoms with Gasteiger partial charge in [0.1, 0.15) is 11.9 Å². The lowest BCUT2D eigenvalue weighted by atomic mass is 10.1. The van der Waals surface area contributed by atoms with Crippen molar-refractivity contribution in [2.24, 2.45) is 0 Å². The number of benzene rings is 1. The number of nitrogens with zero attached hydrogens (tertiary/aromatic N) is 1. The minimum absolute atomic E-state index is 0.0273. The van der Waals surface area contributed by atoms with Crippen molar-refractivity contribution in [3.05, 3.63) is 51.2 Å². The zero-order valence-corrected chi connectivity index (χ0v) is 15.8. The molecule has 0 unspecified atom stereocenters. The summed E-state index contributed by atoms with van der Waals surface area (Å²) in [5, 5.41) is 19.7. The molecule has 3 N–H and O–H groups in total. The molecule has 0 radical (unpaired) electrons. The molecule has 0 aliphatic rings. The summed E-state index contributed by atoms with van der Waals surface area (Å²) in [6.07, 6.45) is -5.06. The maximum Gasteiger partial charge on any atom is 0.490 e. The molecule has 0 saturated carbocycles. The number of hydrogen-bond donors (Lipinski definition) is 3. The molecule has 0 saturated heterocycles. The molecule has 1 heterocycles. The molecule has 0 bridgehead atoms. The quantitative estimate of drug-likeness (QED) is 0.590. The maximum atomic E-state index is 13.7.